The first kappa shape index (κ1) is 17.0. The van der Waals surface area contributed by atoms with Crippen LogP contribution in [0.25, 0.3) is 0 Å². The quantitative estimate of drug-likeness (QED) is 0.832. The van der Waals surface area contributed by atoms with Crippen molar-refractivity contribution < 1.29 is 22.5 Å². The van der Waals surface area contributed by atoms with E-state index in [0.29, 0.717) is 30.2 Å². The van der Waals surface area contributed by atoms with Crippen molar-refractivity contribution in [3.8, 4) is 0 Å². The zero-order valence-corrected chi connectivity index (χ0v) is 13.9. The highest BCUT2D eigenvalue weighted by Gasteiger charge is 2.30. The molecule has 2 atom stereocenters. The second kappa shape index (κ2) is 6.78. The van der Waals surface area contributed by atoms with Crippen LogP contribution in [0.2, 0.25) is 0 Å². The highest BCUT2D eigenvalue weighted by Crippen LogP contribution is 2.18. The molecule has 1 aliphatic heterocycles. The topological polar surface area (TPSA) is 98.5 Å². The van der Waals surface area contributed by atoms with Gasteiger partial charge in [-0.3, -0.25) is 4.79 Å². The molecule has 1 amide bonds. The van der Waals surface area contributed by atoms with E-state index < -0.39 is 21.0 Å². The molecule has 124 valence electrons. The van der Waals surface area contributed by atoms with E-state index in [9.17, 15) is 13.2 Å². The van der Waals surface area contributed by atoms with Crippen molar-refractivity contribution >= 4 is 15.7 Å². The molecular formula is C14H22N2O5S. The number of amides is 1. The van der Waals surface area contributed by atoms with Crippen LogP contribution in [0.5, 0.6) is 0 Å². The van der Waals surface area contributed by atoms with Crippen molar-refractivity contribution in [1.29, 1.82) is 0 Å². The summed E-state index contributed by atoms with van der Waals surface area (Å²) in [5.41, 5.74) is 1.06. The molecule has 0 unspecified atom stereocenters. The Bertz CT molecular complexity index is 612. The first-order valence-corrected chi connectivity index (χ1v) is 9.05. The highest BCUT2D eigenvalue weighted by atomic mass is 32.2. The van der Waals surface area contributed by atoms with Gasteiger partial charge in [0.05, 0.1) is 17.6 Å². The molecule has 2 heterocycles. The number of hydrogen-bond acceptors (Lipinski definition) is 6. The van der Waals surface area contributed by atoms with Crippen LogP contribution in [0.3, 0.4) is 0 Å². The zero-order valence-electron chi connectivity index (χ0n) is 13.1. The SMILES string of the molecule is Cc1noc(C)c1CS(=O)(=O)[C@H](C)C(=O)NC[C@H]1CCCO1. The maximum absolute atomic E-state index is 12.4. The molecule has 0 radical (unpaired) electrons. The van der Waals surface area contributed by atoms with Crippen LogP contribution >= 0.6 is 0 Å². The fourth-order valence-electron chi connectivity index (χ4n) is 2.36. The second-order valence-corrected chi connectivity index (χ2v) is 7.95. The van der Waals surface area contributed by atoms with Crippen molar-refractivity contribution in [3.63, 3.8) is 0 Å². The molecule has 1 fully saturated rings. The minimum Gasteiger partial charge on any atom is -0.376 e. The van der Waals surface area contributed by atoms with Crippen LogP contribution in [0.4, 0.5) is 0 Å². The predicted molar refractivity (Wildman–Crippen MR) is 80.0 cm³/mol. The Morgan fingerprint density at radius 3 is 2.73 bits per heavy atom. The smallest absolute Gasteiger partial charge is 0.238 e. The lowest BCUT2D eigenvalue weighted by Gasteiger charge is -2.15. The molecule has 8 heteroatoms. The van der Waals surface area contributed by atoms with Gasteiger partial charge in [-0.15, -0.1) is 0 Å². The van der Waals surface area contributed by atoms with Gasteiger partial charge >= 0.3 is 0 Å². The molecule has 2 rings (SSSR count). The standard InChI is InChI=1S/C14H22N2O5S/c1-9-13(10(2)21-16-9)8-22(18,19)11(3)14(17)15-7-12-5-4-6-20-12/h11-12H,4-8H2,1-3H3,(H,15,17)/t11-,12-/m1/s1. The molecule has 1 saturated heterocycles. The summed E-state index contributed by atoms with van der Waals surface area (Å²) in [4.78, 5) is 12.1. The predicted octanol–water partition coefficient (Wildman–Crippen LogP) is 0.890. The second-order valence-electron chi connectivity index (χ2n) is 5.63. The third-order valence-corrected chi connectivity index (χ3v) is 5.95. The van der Waals surface area contributed by atoms with E-state index >= 15 is 0 Å². The molecule has 1 N–H and O–H groups in total. The van der Waals surface area contributed by atoms with Crippen molar-refractivity contribution in [2.75, 3.05) is 13.2 Å². The lowest BCUT2D eigenvalue weighted by molar-refractivity contribution is -0.120. The molecule has 7 nitrogen and oxygen atoms in total. The fraction of sp³-hybridized carbons (Fsp3) is 0.714. The van der Waals surface area contributed by atoms with Crippen molar-refractivity contribution in [1.82, 2.24) is 10.5 Å². The summed E-state index contributed by atoms with van der Waals surface area (Å²) in [7, 11) is -3.63. The van der Waals surface area contributed by atoms with Gasteiger partial charge in [0.2, 0.25) is 5.91 Å². The highest BCUT2D eigenvalue weighted by molar-refractivity contribution is 7.92. The Hall–Kier alpha value is -1.41. The number of nitrogens with one attached hydrogen (secondary N) is 1. The van der Waals surface area contributed by atoms with Crippen LogP contribution in [-0.4, -0.2) is 44.0 Å². The first-order valence-electron chi connectivity index (χ1n) is 7.34. The molecule has 0 bridgehead atoms. The number of aromatic nitrogens is 1. The summed E-state index contributed by atoms with van der Waals surface area (Å²) in [6.45, 7) is 5.79. The molecule has 0 saturated carbocycles. The van der Waals surface area contributed by atoms with Crippen LogP contribution in [0, 0.1) is 13.8 Å². The van der Waals surface area contributed by atoms with Gasteiger partial charge in [-0.25, -0.2) is 8.42 Å². The van der Waals surface area contributed by atoms with Gasteiger partial charge in [0, 0.05) is 18.7 Å². The van der Waals surface area contributed by atoms with Gasteiger partial charge in [0.25, 0.3) is 0 Å². The van der Waals surface area contributed by atoms with Gasteiger partial charge in [-0.05, 0) is 33.6 Å². The van der Waals surface area contributed by atoms with E-state index in [1.165, 1.54) is 6.92 Å². The number of hydrogen-bond donors (Lipinski definition) is 1. The number of sulfone groups is 1. The number of nitrogens with zero attached hydrogens (tertiary/aromatic N) is 1. The molecule has 22 heavy (non-hydrogen) atoms. The van der Waals surface area contributed by atoms with Crippen molar-refractivity contribution in [2.45, 2.75) is 50.7 Å². The maximum Gasteiger partial charge on any atom is 0.238 e. The normalized spacial score (nSPS) is 20.0. The van der Waals surface area contributed by atoms with Crippen LogP contribution in [0.1, 0.15) is 36.8 Å². The van der Waals surface area contributed by atoms with Crippen LogP contribution in [-0.2, 0) is 25.1 Å². The van der Waals surface area contributed by atoms with Crippen LogP contribution < -0.4 is 5.32 Å². The van der Waals surface area contributed by atoms with E-state index in [2.05, 4.69) is 10.5 Å². The number of carbonyl (C=O) groups is 1. The maximum atomic E-state index is 12.4. The summed E-state index contributed by atoms with van der Waals surface area (Å²) >= 11 is 0. The summed E-state index contributed by atoms with van der Waals surface area (Å²) < 4.78 is 35.1. The Morgan fingerprint density at radius 1 is 1.45 bits per heavy atom. The van der Waals surface area contributed by atoms with E-state index in [-0.39, 0.29) is 11.9 Å². The van der Waals surface area contributed by atoms with Gasteiger partial charge in [-0.2, -0.15) is 0 Å². The van der Waals surface area contributed by atoms with Crippen molar-refractivity contribution in [2.24, 2.45) is 0 Å². The minimum absolute atomic E-state index is 0.0126. The number of rotatable bonds is 6. The average molecular weight is 330 g/mol. The molecule has 0 aromatic carbocycles. The Labute approximate surface area is 130 Å². The summed E-state index contributed by atoms with van der Waals surface area (Å²) in [5.74, 6) is -0.279. The Balaban J connectivity index is 1.97. The number of carbonyl (C=O) groups excluding carboxylic acids is 1. The van der Waals surface area contributed by atoms with Crippen molar-refractivity contribution in [3.05, 3.63) is 17.0 Å². The van der Waals surface area contributed by atoms with Gasteiger partial charge in [0.1, 0.15) is 11.0 Å². The third kappa shape index (κ3) is 3.86. The minimum atomic E-state index is -3.63. The molecule has 0 aliphatic carbocycles. The number of aryl methyl sites for hydroxylation is 2. The summed E-state index contributed by atoms with van der Waals surface area (Å²) in [5, 5.41) is 5.27. The lowest BCUT2D eigenvalue weighted by Crippen LogP contribution is -2.41. The monoisotopic (exact) mass is 330 g/mol. The lowest BCUT2D eigenvalue weighted by atomic mass is 10.2. The van der Waals surface area contributed by atoms with E-state index in [1.54, 1.807) is 13.8 Å². The van der Waals surface area contributed by atoms with E-state index in [4.69, 9.17) is 9.26 Å². The number of ether oxygens (including phenoxy) is 1. The van der Waals surface area contributed by atoms with Crippen LogP contribution in [0.15, 0.2) is 4.52 Å². The summed E-state index contributed by atoms with van der Waals surface area (Å²) in [6, 6.07) is 0. The zero-order chi connectivity index (χ0) is 16.3. The molecule has 0 spiro atoms. The van der Waals surface area contributed by atoms with Gasteiger partial charge in [-0.1, -0.05) is 5.16 Å². The Morgan fingerprint density at radius 2 is 2.18 bits per heavy atom. The average Bonchev–Trinajstić information content (AvgIpc) is 3.09. The first-order chi connectivity index (χ1) is 10.3. The third-order valence-electron chi connectivity index (χ3n) is 3.96. The summed E-state index contributed by atoms with van der Waals surface area (Å²) in [6.07, 6.45) is 1.85. The fourth-order valence-corrected chi connectivity index (χ4v) is 3.83. The molecule has 1 aromatic heterocycles. The molecule has 1 aliphatic rings. The van der Waals surface area contributed by atoms with E-state index in [1.807, 2.05) is 0 Å². The van der Waals surface area contributed by atoms with Gasteiger partial charge < -0.3 is 14.6 Å². The Kier molecular flexibility index (Phi) is 5.23. The molecule has 1 aromatic rings. The largest absolute Gasteiger partial charge is 0.376 e. The van der Waals surface area contributed by atoms with Gasteiger partial charge in [0.15, 0.2) is 9.84 Å². The van der Waals surface area contributed by atoms with E-state index in [0.717, 1.165) is 12.8 Å². The molecular weight excluding hydrogens is 308 g/mol.